The first-order valence-electron chi connectivity index (χ1n) is 5.69. The van der Waals surface area contributed by atoms with Crippen molar-refractivity contribution in [3.05, 3.63) is 0 Å². The lowest BCUT2D eigenvalue weighted by Crippen LogP contribution is -2.41. The van der Waals surface area contributed by atoms with Crippen molar-refractivity contribution in [3.63, 3.8) is 0 Å². The van der Waals surface area contributed by atoms with Gasteiger partial charge in [0.05, 0.1) is 13.0 Å². The molecular weight excluding hydrogens is 333 g/mol. The van der Waals surface area contributed by atoms with E-state index < -0.39 is 0 Å². The molecule has 6 heteroatoms. The van der Waals surface area contributed by atoms with Crippen LogP contribution in [0, 0.1) is 11.8 Å². The van der Waals surface area contributed by atoms with Gasteiger partial charge in [-0.05, 0) is 18.8 Å². The highest BCUT2D eigenvalue weighted by Gasteiger charge is 2.21. The number of rotatable bonds is 5. The monoisotopic (exact) mass is 355 g/mol. The van der Waals surface area contributed by atoms with Crippen molar-refractivity contribution in [2.24, 2.45) is 16.8 Å². The summed E-state index contributed by atoms with van der Waals surface area (Å²) in [6.07, 6.45) is 2.62. The number of aliphatic imine (C=N–C) groups is 1. The molecule has 1 rings (SSSR count). The highest BCUT2D eigenvalue weighted by molar-refractivity contribution is 14.0. The van der Waals surface area contributed by atoms with Crippen LogP contribution in [0.1, 0.15) is 19.8 Å². The standard InChI is InChI=1S/C11H21N3O2.HI/c1-8(10(15)16-3)6-13-11(12-2)14-7-9-4-5-9;/h8-9H,4-7H2,1-3H3,(H2,12,13,14);1H. The lowest BCUT2D eigenvalue weighted by Gasteiger charge is -2.14. The predicted molar refractivity (Wildman–Crippen MR) is 78.7 cm³/mol. The Morgan fingerprint density at radius 1 is 1.47 bits per heavy atom. The fourth-order valence-electron chi connectivity index (χ4n) is 1.32. The summed E-state index contributed by atoms with van der Waals surface area (Å²) in [5.41, 5.74) is 0. The van der Waals surface area contributed by atoms with Crippen LogP contribution in [0.5, 0.6) is 0 Å². The molecule has 1 aliphatic rings. The number of guanidine groups is 1. The molecule has 0 aliphatic heterocycles. The summed E-state index contributed by atoms with van der Waals surface area (Å²) in [7, 11) is 3.13. The molecule has 1 saturated carbocycles. The van der Waals surface area contributed by atoms with Crippen LogP contribution in [0.15, 0.2) is 4.99 Å². The molecule has 0 aromatic carbocycles. The number of esters is 1. The van der Waals surface area contributed by atoms with Gasteiger partial charge >= 0.3 is 5.97 Å². The molecule has 0 radical (unpaired) electrons. The summed E-state index contributed by atoms with van der Waals surface area (Å²) in [5, 5.41) is 6.34. The van der Waals surface area contributed by atoms with Crippen molar-refractivity contribution < 1.29 is 9.53 Å². The number of halogens is 1. The van der Waals surface area contributed by atoms with Crippen molar-refractivity contribution in [1.82, 2.24) is 10.6 Å². The number of hydrogen-bond acceptors (Lipinski definition) is 3. The molecule has 1 fully saturated rings. The smallest absolute Gasteiger partial charge is 0.310 e. The summed E-state index contributed by atoms with van der Waals surface area (Å²) in [4.78, 5) is 15.3. The van der Waals surface area contributed by atoms with Crippen LogP contribution >= 0.6 is 24.0 Å². The first kappa shape index (κ1) is 16.5. The molecule has 0 spiro atoms. The molecule has 1 atom stereocenters. The molecule has 0 saturated heterocycles. The van der Waals surface area contributed by atoms with Gasteiger partial charge in [-0.25, -0.2) is 0 Å². The normalized spacial score (nSPS) is 16.8. The molecule has 0 aromatic rings. The average molecular weight is 355 g/mol. The van der Waals surface area contributed by atoms with Gasteiger partial charge in [-0.3, -0.25) is 9.79 Å². The molecule has 1 aliphatic carbocycles. The van der Waals surface area contributed by atoms with Crippen molar-refractivity contribution >= 4 is 35.9 Å². The lowest BCUT2D eigenvalue weighted by atomic mass is 10.2. The quantitative estimate of drug-likeness (QED) is 0.334. The zero-order chi connectivity index (χ0) is 12.0. The SMILES string of the molecule is CN=C(NCC1CC1)NCC(C)C(=O)OC.I. The maximum atomic E-state index is 11.2. The second-order valence-electron chi connectivity index (χ2n) is 4.20. The lowest BCUT2D eigenvalue weighted by molar-refractivity contribution is -0.144. The van der Waals surface area contributed by atoms with Gasteiger partial charge in [-0.1, -0.05) is 6.92 Å². The molecule has 0 bridgehead atoms. The molecule has 2 N–H and O–H groups in total. The number of carbonyl (C=O) groups is 1. The van der Waals surface area contributed by atoms with Gasteiger partial charge in [0, 0.05) is 20.1 Å². The third-order valence-corrected chi connectivity index (χ3v) is 2.66. The Bertz CT molecular complexity index is 267. The minimum atomic E-state index is -0.204. The largest absolute Gasteiger partial charge is 0.469 e. The molecule has 100 valence electrons. The Morgan fingerprint density at radius 3 is 2.59 bits per heavy atom. The first-order valence-corrected chi connectivity index (χ1v) is 5.69. The number of ether oxygens (including phenoxy) is 1. The molecule has 0 heterocycles. The third-order valence-electron chi connectivity index (χ3n) is 2.66. The third kappa shape index (κ3) is 6.70. The Kier molecular flexibility index (Phi) is 8.28. The number of carbonyl (C=O) groups excluding carboxylic acids is 1. The number of hydrogen-bond donors (Lipinski definition) is 2. The van der Waals surface area contributed by atoms with Gasteiger partial charge in [0.25, 0.3) is 0 Å². The van der Waals surface area contributed by atoms with E-state index in [1.54, 1.807) is 7.05 Å². The van der Waals surface area contributed by atoms with E-state index >= 15 is 0 Å². The van der Waals surface area contributed by atoms with Crippen LogP contribution in [0.2, 0.25) is 0 Å². The highest BCUT2D eigenvalue weighted by Crippen LogP contribution is 2.27. The molecule has 1 unspecified atom stereocenters. The summed E-state index contributed by atoms with van der Waals surface area (Å²) in [6.45, 7) is 3.33. The highest BCUT2D eigenvalue weighted by atomic mass is 127. The van der Waals surface area contributed by atoms with Crippen molar-refractivity contribution in [2.75, 3.05) is 27.2 Å². The van der Waals surface area contributed by atoms with Crippen LogP contribution in [-0.4, -0.2) is 39.2 Å². The van der Waals surface area contributed by atoms with Gasteiger partial charge in [0.1, 0.15) is 0 Å². The second kappa shape index (κ2) is 8.54. The summed E-state index contributed by atoms with van der Waals surface area (Å²) < 4.78 is 4.65. The zero-order valence-electron chi connectivity index (χ0n) is 10.7. The van der Waals surface area contributed by atoms with E-state index in [1.165, 1.54) is 20.0 Å². The Balaban J connectivity index is 0.00000256. The molecule has 17 heavy (non-hydrogen) atoms. The van der Waals surface area contributed by atoms with E-state index in [1.807, 2.05) is 6.92 Å². The summed E-state index contributed by atoms with van der Waals surface area (Å²) >= 11 is 0. The Morgan fingerprint density at radius 2 is 2.12 bits per heavy atom. The van der Waals surface area contributed by atoms with Crippen molar-refractivity contribution in [3.8, 4) is 0 Å². The van der Waals surface area contributed by atoms with E-state index in [2.05, 4.69) is 20.4 Å². The predicted octanol–water partition coefficient (Wildman–Crippen LogP) is 0.988. The van der Waals surface area contributed by atoms with Crippen molar-refractivity contribution in [1.29, 1.82) is 0 Å². The van der Waals surface area contributed by atoms with Crippen LogP contribution < -0.4 is 10.6 Å². The van der Waals surface area contributed by atoms with Crippen LogP contribution in [0.25, 0.3) is 0 Å². The van der Waals surface area contributed by atoms with Crippen LogP contribution in [0.4, 0.5) is 0 Å². The van der Waals surface area contributed by atoms with Gasteiger partial charge in [-0.2, -0.15) is 0 Å². The van der Waals surface area contributed by atoms with Gasteiger partial charge in [-0.15, -0.1) is 24.0 Å². The van der Waals surface area contributed by atoms with Crippen LogP contribution in [-0.2, 0) is 9.53 Å². The molecular formula is C11H22IN3O2. The van der Waals surface area contributed by atoms with Gasteiger partial charge < -0.3 is 15.4 Å². The maximum absolute atomic E-state index is 11.2. The van der Waals surface area contributed by atoms with E-state index in [4.69, 9.17) is 0 Å². The fraction of sp³-hybridized carbons (Fsp3) is 0.818. The zero-order valence-corrected chi connectivity index (χ0v) is 13.0. The topological polar surface area (TPSA) is 62.7 Å². The molecule has 5 nitrogen and oxygen atoms in total. The first-order chi connectivity index (χ1) is 7.67. The molecule has 0 aromatic heterocycles. The maximum Gasteiger partial charge on any atom is 0.310 e. The number of methoxy groups -OCH3 is 1. The number of nitrogens with one attached hydrogen (secondary N) is 2. The average Bonchev–Trinajstić information content (AvgIpc) is 3.11. The van der Waals surface area contributed by atoms with E-state index in [0.29, 0.717) is 6.54 Å². The van der Waals surface area contributed by atoms with E-state index in [0.717, 1.165) is 18.4 Å². The minimum Gasteiger partial charge on any atom is -0.469 e. The molecule has 0 amide bonds. The summed E-state index contributed by atoms with van der Waals surface area (Å²) in [6, 6.07) is 0. The van der Waals surface area contributed by atoms with Crippen molar-refractivity contribution in [2.45, 2.75) is 19.8 Å². The summed E-state index contributed by atoms with van der Waals surface area (Å²) in [5.74, 6) is 1.19. The van der Waals surface area contributed by atoms with Gasteiger partial charge in [0.15, 0.2) is 5.96 Å². The van der Waals surface area contributed by atoms with Gasteiger partial charge in [0.2, 0.25) is 0 Å². The van der Waals surface area contributed by atoms with Crippen LogP contribution in [0.3, 0.4) is 0 Å². The fourth-order valence-corrected chi connectivity index (χ4v) is 1.32. The number of nitrogens with zero attached hydrogens (tertiary/aromatic N) is 1. The Labute approximate surface area is 120 Å². The second-order valence-corrected chi connectivity index (χ2v) is 4.20. The Hall–Kier alpha value is -0.530. The van der Waals surface area contributed by atoms with E-state index in [9.17, 15) is 4.79 Å². The van der Waals surface area contributed by atoms with E-state index in [-0.39, 0.29) is 35.9 Å². The minimum absolute atomic E-state index is 0.